The third-order valence-electron chi connectivity index (χ3n) is 3.24. The van der Waals surface area contributed by atoms with Gasteiger partial charge in [0.1, 0.15) is 5.75 Å². The minimum absolute atomic E-state index is 0.157. The van der Waals surface area contributed by atoms with Crippen LogP contribution in [0.5, 0.6) is 23.0 Å². The fourth-order valence-corrected chi connectivity index (χ4v) is 2.32. The fraction of sp³-hybridized carbons (Fsp3) is 0.0667. The monoisotopic (exact) mass is 256 g/mol. The van der Waals surface area contributed by atoms with Gasteiger partial charge in [-0.05, 0) is 40.4 Å². The van der Waals surface area contributed by atoms with Crippen LogP contribution in [0.3, 0.4) is 0 Å². The van der Waals surface area contributed by atoms with Crippen molar-refractivity contribution in [2.75, 3.05) is 7.11 Å². The summed E-state index contributed by atoms with van der Waals surface area (Å²) in [6.45, 7) is 0. The smallest absolute Gasteiger partial charge is 0.201 e. The molecule has 0 amide bonds. The molecule has 96 valence electrons. The van der Waals surface area contributed by atoms with E-state index >= 15 is 0 Å². The minimum atomic E-state index is -0.282. The minimum Gasteiger partial charge on any atom is -0.508 e. The van der Waals surface area contributed by atoms with Crippen LogP contribution in [0.25, 0.3) is 21.5 Å². The maximum atomic E-state index is 10.1. The van der Waals surface area contributed by atoms with Crippen LogP contribution >= 0.6 is 0 Å². The highest BCUT2D eigenvalue weighted by Gasteiger charge is 2.14. The summed E-state index contributed by atoms with van der Waals surface area (Å²) in [6.07, 6.45) is 0. The second-order valence-electron chi connectivity index (χ2n) is 4.35. The number of hydrogen-bond donors (Lipinski definition) is 3. The lowest BCUT2D eigenvalue weighted by Gasteiger charge is -2.11. The highest BCUT2D eigenvalue weighted by atomic mass is 16.5. The first kappa shape index (κ1) is 11.5. The molecule has 4 heteroatoms. The molecular formula is C15H12O4. The molecule has 19 heavy (non-hydrogen) atoms. The quantitative estimate of drug-likeness (QED) is 0.462. The molecule has 0 radical (unpaired) electrons. The van der Waals surface area contributed by atoms with Crippen molar-refractivity contribution in [1.82, 2.24) is 0 Å². The van der Waals surface area contributed by atoms with E-state index in [1.54, 1.807) is 30.3 Å². The first-order valence-electron chi connectivity index (χ1n) is 5.76. The summed E-state index contributed by atoms with van der Waals surface area (Å²) >= 11 is 0. The average molecular weight is 256 g/mol. The van der Waals surface area contributed by atoms with E-state index in [1.165, 1.54) is 7.11 Å². The summed E-state index contributed by atoms with van der Waals surface area (Å²) in [5, 5.41) is 32.3. The molecule has 0 saturated carbocycles. The van der Waals surface area contributed by atoms with E-state index in [0.29, 0.717) is 5.39 Å². The van der Waals surface area contributed by atoms with Crippen molar-refractivity contribution < 1.29 is 20.1 Å². The lowest BCUT2D eigenvalue weighted by atomic mass is 10.00. The largest absolute Gasteiger partial charge is 0.508 e. The third-order valence-corrected chi connectivity index (χ3v) is 3.24. The van der Waals surface area contributed by atoms with Crippen molar-refractivity contribution in [1.29, 1.82) is 0 Å². The van der Waals surface area contributed by atoms with E-state index in [2.05, 4.69) is 0 Å². The van der Waals surface area contributed by atoms with E-state index < -0.39 is 0 Å². The van der Waals surface area contributed by atoms with Gasteiger partial charge in [0.2, 0.25) is 5.75 Å². The Labute approximate surface area is 109 Å². The van der Waals surface area contributed by atoms with E-state index in [-0.39, 0.29) is 23.0 Å². The van der Waals surface area contributed by atoms with Crippen LogP contribution in [-0.4, -0.2) is 22.4 Å². The molecule has 3 aromatic carbocycles. The molecule has 0 atom stereocenters. The summed E-state index contributed by atoms with van der Waals surface area (Å²) in [4.78, 5) is 0. The van der Waals surface area contributed by atoms with Crippen molar-refractivity contribution in [2.24, 2.45) is 0 Å². The van der Waals surface area contributed by atoms with Crippen molar-refractivity contribution in [3.8, 4) is 23.0 Å². The van der Waals surface area contributed by atoms with Crippen molar-refractivity contribution in [3.63, 3.8) is 0 Å². The molecule has 0 aliphatic heterocycles. The number of rotatable bonds is 1. The molecule has 0 saturated heterocycles. The Kier molecular flexibility index (Phi) is 2.38. The third kappa shape index (κ3) is 1.61. The van der Waals surface area contributed by atoms with E-state index in [0.717, 1.165) is 16.2 Å². The van der Waals surface area contributed by atoms with Gasteiger partial charge in [0, 0.05) is 5.39 Å². The highest BCUT2D eigenvalue weighted by Crippen LogP contribution is 2.44. The zero-order valence-corrected chi connectivity index (χ0v) is 10.2. The molecule has 4 nitrogen and oxygen atoms in total. The summed E-state index contributed by atoms with van der Waals surface area (Å²) < 4.78 is 5.02. The first-order chi connectivity index (χ1) is 9.11. The Bertz CT molecular complexity index is 793. The topological polar surface area (TPSA) is 69.9 Å². The molecule has 3 aromatic rings. The van der Waals surface area contributed by atoms with Gasteiger partial charge in [-0.15, -0.1) is 0 Å². The molecule has 0 aromatic heterocycles. The number of phenolic OH excluding ortho intramolecular Hbond substituents is 3. The van der Waals surface area contributed by atoms with E-state index in [1.807, 2.05) is 6.07 Å². The molecular weight excluding hydrogens is 244 g/mol. The molecule has 0 heterocycles. The fourth-order valence-electron chi connectivity index (χ4n) is 2.32. The number of aromatic hydroxyl groups is 3. The van der Waals surface area contributed by atoms with E-state index in [9.17, 15) is 15.3 Å². The normalized spacial score (nSPS) is 11.0. The Morgan fingerprint density at radius 2 is 1.58 bits per heavy atom. The molecule has 0 aliphatic carbocycles. The molecule has 3 N–H and O–H groups in total. The average Bonchev–Trinajstić information content (AvgIpc) is 2.41. The molecule has 0 unspecified atom stereocenters. The van der Waals surface area contributed by atoms with E-state index in [4.69, 9.17) is 4.74 Å². The van der Waals surface area contributed by atoms with Crippen LogP contribution in [-0.2, 0) is 0 Å². The van der Waals surface area contributed by atoms with Gasteiger partial charge >= 0.3 is 0 Å². The SMILES string of the molecule is COc1cc2ccc3cc(O)ccc3c2c(O)c1O. The number of fused-ring (bicyclic) bond motifs is 3. The van der Waals surface area contributed by atoms with Crippen LogP contribution in [0.2, 0.25) is 0 Å². The highest BCUT2D eigenvalue weighted by molar-refractivity contribution is 6.12. The van der Waals surface area contributed by atoms with Crippen molar-refractivity contribution in [2.45, 2.75) is 0 Å². The zero-order valence-electron chi connectivity index (χ0n) is 10.2. The lowest BCUT2D eigenvalue weighted by Crippen LogP contribution is -1.86. The molecule has 0 spiro atoms. The van der Waals surface area contributed by atoms with Gasteiger partial charge < -0.3 is 20.1 Å². The van der Waals surface area contributed by atoms with Crippen LogP contribution in [0.1, 0.15) is 0 Å². The van der Waals surface area contributed by atoms with Crippen molar-refractivity contribution >= 4 is 21.5 Å². The van der Waals surface area contributed by atoms with Gasteiger partial charge in [-0.2, -0.15) is 0 Å². The Hall–Kier alpha value is -2.62. The molecule has 0 fully saturated rings. The maximum absolute atomic E-state index is 10.1. The predicted octanol–water partition coefficient (Wildman–Crippen LogP) is 3.12. The summed E-state index contributed by atoms with van der Waals surface area (Å²) in [5.74, 6) is -0.117. The van der Waals surface area contributed by atoms with Gasteiger partial charge in [0.05, 0.1) is 7.11 Å². The second kappa shape index (κ2) is 3.95. The van der Waals surface area contributed by atoms with Gasteiger partial charge in [0.15, 0.2) is 11.5 Å². The van der Waals surface area contributed by atoms with Gasteiger partial charge in [-0.1, -0.05) is 12.1 Å². The van der Waals surface area contributed by atoms with Crippen LogP contribution in [0.15, 0.2) is 36.4 Å². The zero-order chi connectivity index (χ0) is 13.6. The van der Waals surface area contributed by atoms with Gasteiger partial charge in [-0.3, -0.25) is 0 Å². The van der Waals surface area contributed by atoms with Crippen molar-refractivity contribution in [3.05, 3.63) is 36.4 Å². The summed E-state index contributed by atoms with van der Waals surface area (Å²) in [7, 11) is 1.43. The number of methoxy groups -OCH3 is 1. The molecule has 0 aliphatic rings. The summed E-state index contributed by atoms with van der Waals surface area (Å²) in [5.41, 5.74) is 0. The van der Waals surface area contributed by atoms with Crippen LogP contribution < -0.4 is 4.74 Å². The Morgan fingerprint density at radius 1 is 0.842 bits per heavy atom. The van der Waals surface area contributed by atoms with Crippen LogP contribution in [0, 0.1) is 0 Å². The standard InChI is InChI=1S/C15H12O4/c1-19-12-7-9-3-2-8-6-10(16)4-5-11(8)13(9)15(18)14(12)17/h2-7,16-18H,1H3. The van der Waals surface area contributed by atoms with Crippen LogP contribution in [0.4, 0.5) is 0 Å². The number of ether oxygens (including phenoxy) is 1. The summed E-state index contributed by atoms with van der Waals surface area (Å²) in [6, 6.07) is 10.2. The molecule has 0 bridgehead atoms. The number of hydrogen-bond acceptors (Lipinski definition) is 4. The number of phenols is 3. The second-order valence-corrected chi connectivity index (χ2v) is 4.35. The Balaban J connectivity index is 2.51. The maximum Gasteiger partial charge on any atom is 0.201 e. The molecule has 3 rings (SSSR count). The Morgan fingerprint density at radius 3 is 2.32 bits per heavy atom. The first-order valence-corrected chi connectivity index (χ1v) is 5.76. The lowest BCUT2D eigenvalue weighted by molar-refractivity contribution is 0.354. The van der Waals surface area contributed by atoms with Gasteiger partial charge in [0.25, 0.3) is 0 Å². The number of benzene rings is 3. The predicted molar refractivity (Wildman–Crippen MR) is 73.0 cm³/mol. The van der Waals surface area contributed by atoms with Gasteiger partial charge in [-0.25, -0.2) is 0 Å².